The van der Waals surface area contributed by atoms with E-state index in [1.165, 1.54) is 32.1 Å². The third-order valence-corrected chi connectivity index (χ3v) is 3.98. The van der Waals surface area contributed by atoms with Crippen molar-refractivity contribution in [3.8, 4) is 0 Å². The van der Waals surface area contributed by atoms with Gasteiger partial charge in [0, 0.05) is 20.3 Å². The molecule has 17 heavy (non-hydrogen) atoms. The van der Waals surface area contributed by atoms with Crippen molar-refractivity contribution in [1.29, 1.82) is 0 Å². The van der Waals surface area contributed by atoms with Crippen molar-refractivity contribution < 1.29 is 9.16 Å². The van der Waals surface area contributed by atoms with Crippen molar-refractivity contribution >= 4 is 8.32 Å². The molecular formula is C14H32O2Si. The van der Waals surface area contributed by atoms with Gasteiger partial charge in [0.1, 0.15) is 0 Å². The van der Waals surface area contributed by atoms with E-state index in [1.807, 2.05) is 0 Å². The highest BCUT2D eigenvalue weighted by Gasteiger charge is 2.17. The van der Waals surface area contributed by atoms with E-state index in [4.69, 9.17) is 9.16 Å². The molecule has 0 aliphatic carbocycles. The molecule has 0 fully saturated rings. The molecule has 104 valence electrons. The van der Waals surface area contributed by atoms with Crippen LogP contribution in [0.4, 0.5) is 0 Å². The van der Waals surface area contributed by atoms with Gasteiger partial charge in [0.15, 0.2) is 8.32 Å². The minimum absolute atomic E-state index is 0.693. The van der Waals surface area contributed by atoms with Crippen LogP contribution in [0.2, 0.25) is 19.6 Å². The molecule has 0 radical (unpaired) electrons. The van der Waals surface area contributed by atoms with Crippen molar-refractivity contribution in [2.24, 2.45) is 5.92 Å². The molecule has 0 N–H and O–H groups in total. The van der Waals surface area contributed by atoms with Crippen LogP contribution in [0, 0.1) is 5.92 Å². The fourth-order valence-corrected chi connectivity index (χ4v) is 2.56. The Labute approximate surface area is 109 Å². The summed E-state index contributed by atoms with van der Waals surface area (Å²) in [5, 5.41) is 0. The van der Waals surface area contributed by atoms with Crippen LogP contribution in [0.15, 0.2) is 0 Å². The molecule has 0 aromatic carbocycles. The summed E-state index contributed by atoms with van der Waals surface area (Å²) in [5.41, 5.74) is 0. The van der Waals surface area contributed by atoms with Crippen LogP contribution in [-0.4, -0.2) is 28.6 Å². The second kappa shape index (κ2) is 10.1. The number of ether oxygens (including phenoxy) is 1. The molecule has 0 aromatic heterocycles. The van der Waals surface area contributed by atoms with E-state index in [1.54, 1.807) is 7.11 Å². The molecule has 0 saturated carbocycles. The van der Waals surface area contributed by atoms with Gasteiger partial charge >= 0.3 is 0 Å². The topological polar surface area (TPSA) is 18.5 Å². The first-order valence-corrected chi connectivity index (χ1v) is 10.5. The summed E-state index contributed by atoms with van der Waals surface area (Å²) >= 11 is 0. The van der Waals surface area contributed by atoms with Gasteiger partial charge in [-0.25, -0.2) is 0 Å². The van der Waals surface area contributed by atoms with Crippen LogP contribution in [-0.2, 0) is 9.16 Å². The molecule has 0 aliphatic heterocycles. The van der Waals surface area contributed by atoms with E-state index in [0.29, 0.717) is 5.92 Å². The SMILES string of the molecule is CCCCCCC(CCOC)CO[Si](C)(C)C. The van der Waals surface area contributed by atoms with E-state index in [2.05, 4.69) is 26.6 Å². The lowest BCUT2D eigenvalue weighted by Gasteiger charge is -2.23. The van der Waals surface area contributed by atoms with E-state index in [-0.39, 0.29) is 0 Å². The minimum atomic E-state index is -1.35. The third-order valence-electron chi connectivity index (χ3n) is 2.95. The molecule has 0 spiro atoms. The van der Waals surface area contributed by atoms with Gasteiger partial charge in [-0.1, -0.05) is 32.6 Å². The standard InChI is InChI=1S/C14H32O2Si/c1-6-7-8-9-10-14(11-12-15-2)13-16-17(3,4)5/h14H,6-13H2,1-5H3. The average molecular weight is 260 g/mol. The molecule has 0 rings (SSSR count). The first-order valence-electron chi connectivity index (χ1n) is 7.12. The maximum atomic E-state index is 6.03. The van der Waals surface area contributed by atoms with Crippen molar-refractivity contribution in [1.82, 2.24) is 0 Å². The minimum Gasteiger partial charge on any atom is -0.417 e. The Morgan fingerprint density at radius 1 is 1.00 bits per heavy atom. The highest BCUT2D eigenvalue weighted by atomic mass is 28.4. The first-order chi connectivity index (χ1) is 7.99. The molecule has 2 nitrogen and oxygen atoms in total. The Hall–Kier alpha value is 0.137. The number of unbranched alkanes of at least 4 members (excludes halogenated alkanes) is 3. The molecule has 1 unspecified atom stereocenters. The summed E-state index contributed by atoms with van der Waals surface area (Å²) in [4.78, 5) is 0. The molecule has 0 amide bonds. The largest absolute Gasteiger partial charge is 0.417 e. The van der Waals surface area contributed by atoms with Crippen LogP contribution < -0.4 is 0 Å². The Bertz CT molecular complexity index is 166. The summed E-state index contributed by atoms with van der Waals surface area (Å²) in [6, 6.07) is 0. The zero-order valence-corrected chi connectivity index (χ0v) is 13.6. The lowest BCUT2D eigenvalue weighted by Crippen LogP contribution is -2.29. The fraction of sp³-hybridized carbons (Fsp3) is 1.00. The average Bonchev–Trinajstić information content (AvgIpc) is 2.25. The highest BCUT2D eigenvalue weighted by Crippen LogP contribution is 2.17. The van der Waals surface area contributed by atoms with Gasteiger partial charge in [-0.3, -0.25) is 0 Å². The maximum absolute atomic E-state index is 6.03. The predicted octanol–water partition coefficient (Wildman–Crippen LogP) is 4.46. The normalized spacial score (nSPS) is 13.9. The second-order valence-electron chi connectivity index (χ2n) is 5.92. The van der Waals surface area contributed by atoms with Crippen molar-refractivity contribution in [3.05, 3.63) is 0 Å². The molecular weight excluding hydrogens is 228 g/mol. The summed E-state index contributed by atoms with van der Waals surface area (Å²) in [6.45, 7) is 10.8. The van der Waals surface area contributed by atoms with Gasteiger partial charge in [-0.2, -0.15) is 0 Å². The van der Waals surface area contributed by atoms with Crippen molar-refractivity contribution in [2.45, 2.75) is 65.1 Å². The molecule has 0 heterocycles. The second-order valence-corrected chi connectivity index (χ2v) is 10.4. The maximum Gasteiger partial charge on any atom is 0.183 e. The summed E-state index contributed by atoms with van der Waals surface area (Å²) in [6.07, 6.45) is 7.84. The summed E-state index contributed by atoms with van der Waals surface area (Å²) in [7, 11) is 0.431. The zero-order valence-electron chi connectivity index (χ0n) is 12.6. The Balaban J connectivity index is 3.79. The monoisotopic (exact) mass is 260 g/mol. The molecule has 0 saturated heterocycles. The van der Waals surface area contributed by atoms with Gasteiger partial charge in [-0.05, 0) is 38.4 Å². The molecule has 3 heteroatoms. The lowest BCUT2D eigenvalue weighted by molar-refractivity contribution is 0.147. The van der Waals surface area contributed by atoms with Gasteiger partial charge in [0.05, 0.1) is 0 Å². The molecule has 0 aliphatic rings. The highest BCUT2D eigenvalue weighted by molar-refractivity contribution is 6.69. The van der Waals surface area contributed by atoms with E-state index in [9.17, 15) is 0 Å². The van der Waals surface area contributed by atoms with Crippen molar-refractivity contribution in [2.75, 3.05) is 20.3 Å². The first kappa shape index (κ1) is 17.1. The number of methoxy groups -OCH3 is 1. The van der Waals surface area contributed by atoms with Crippen molar-refractivity contribution in [3.63, 3.8) is 0 Å². The van der Waals surface area contributed by atoms with Crippen LogP contribution in [0.1, 0.15) is 45.4 Å². The third kappa shape index (κ3) is 12.4. The molecule has 0 bridgehead atoms. The number of rotatable bonds is 11. The zero-order chi connectivity index (χ0) is 13.1. The summed E-state index contributed by atoms with van der Waals surface area (Å²) in [5.74, 6) is 0.693. The molecule has 0 aromatic rings. The Morgan fingerprint density at radius 3 is 2.24 bits per heavy atom. The smallest absolute Gasteiger partial charge is 0.183 e. The van der Waals surface area contributed by atoms with Crippen LogP contribution in [0.5, 0.6) is 0 Å². The number of hydrogen-bond donors (Lipinski definition) is 0. The van der Waals surface area contributed by atoms with E-state index < -0.39 is 8.32 Å². The van der Waals surface area contributed by atoms with E-state index >= 15 is 0 Å². The number of hydrogen-bond acceptors (Lipinski definition) is 2. The molecule has 1 atom stereocenters. The van der Waals surface area contributed by atoms with Gasteiger partial charge in [0.2, 0.25) is 0 Å². The van der Waals surface area contributed by atoms with Gasteiger partial charge in [0.25, 0.3) is 0 Å². The fourth-order valence-electron chi connectivity index (χ4n) is 1.82. The lowest BCUT2D eigenvalue weighted by atomic mass is 9.99. The van der Waals surface area contributed by atoms with Crippen LogP contribution in [0.25, 0.3) is 0 Å². The van der Waals surface area contributed by atoms with Crippen LogP contribution in [0.3, 0.4) is 0 Å². The van der Waals surface area contributed by atoms with Crippen LogP contribution >= 0.6 is 0 Å². The predicted molar refractivity (Wildman–Crippen MR) is 78.0 cm³/mol. The summed E-state index contributed by atoms with van der Waals surface area (Å²) < 4.78 is 11.2. The Morgan fingerprint density at radius 2 is 1.71 bits per heavy atom. The van der Waals surface area contributed by atoms with Gasteiger partial charge < -0.3 is 9.16 Å². The van der Waals surface area contributed by atoms with E-state index in [0.717, 1.165) is 19.6 Å². The quantitative estimate of drug-likeness (QED) is 0.403. The Kier molecular flexibility index (Phi) is 10.2. The van der Waals surface area contributed by atoms with Gasteiger partial charge in [-0.15, -0.1) is 0 Å².